The number of benzene rings is 6. The van der Waals surface area contributed by atoms with Crippen LogP contribution in [0.2, 0.25) is 0 Å². The van der Waals surface area contributed by atoms with E-state index in [9.17, 15) is 0 Å². The summed E-state index contributed by atoms with van der Waals surface area (Å²) in [6.07, 6.45) is 19.4. The molecule has 50 heavy (non-hydrogen) atoms. The van der Waals surface area contributed by atoms with Crippen molar-refractivity contribution in [2.45, 2.75) is 12.8 Å². The van der Waals surface area contributed by atoms with Gasteiger partial charge in [-0.2, -0.15) is 0 Å². The zero-order valence-corrected chi connectivity index (χ0v) is 27.8. The van der Waals surface area contributed by atoms with Crippen LogP contribution in [0.4, 0.5) is 5.69 Å². The van der Waals surface area contributed by atoms with Gasteiger partial charge in [0.2, 0.25) is 0 Å². The lowest BCUT2D eigenvalue weighted by Gasteiger charge is -2.11. The average Bonchev–Trinajstić information content (AvgIpc) is 3.57. The Hall–Kier alpha value is -6.38. The van der Waals surface area contributed by atoms with Gasteiger partial charge in [-0.3, -0.25) is 0 Å². The average molecular weight is 644 g/mol. The summed E-state index contributed by atoms with van der Waals surface area (Å²) in [5.41, 5.74) is 13.6. The standard InChI is InChI=1S/C48H37NO/c1-3-17-36(18-4-1)38(32-35-16-13-22-39(33-35)37-19-5-2-6-20-37)21-11-12-31-49-46-29-9-7-25-42(46)40-23-14-24-41(34-40)43-27-15-28-45-44-26-8-10-30-47(44)50-48(43)45/h1-5,7-19,21-34,49H,6,20H2/b21-11-,31-12+,38-32+. The maximum atomic E-state index is 6.36. The first-order chi connectivity index (χ1) is 24.8. The number of hydrogen-bond donors (Lipinski definition) is 1. The smallest absolute Gasteiger partial charge is 0.143 e. The van der Waals surface area contributed by atoms with Gasteiger partial charge in [0.25, 0.3) is 0 Å². The highest BCUT2D eigenvalue weighted by atomic mass is 16.3. The third-order valence-electron chi connectivity index (χ3n) is 9.24. The van der Waals surface area contributed by atoms with Crippen molar-refractivity contribution in [3.05, 3.63) is 205 Å². The Bertz CT molecular complexity index is 2450. The fourth-order valence-electron chi connectivity index (χ4n) is 6.75. The van der Waals surface area contributed by atoms with Crippen LogP contribution in [0.25, 0.3) is 61.4 Å². The number of allylic oxidation sites excluding steroid dienone is 8. The van der Waals surface area contributed by atoms with E-state index in [1.165, 1.54) is 22.3 Å². The number of nitrogens with one attached hydrogen (secondary N) is 1. The molecule has 1 aliphatic carbocycles. The van der Waals surface area contributed by atoms with Gasteiger partial charge in [0.1, 0.15) is 11.2 Å². The molecule has 0 radical (unpaired) electrons. The summed E-state index contributed by atoms with van der Waals surface area (Å²) in [6.45, 7) is 0. The summed E-state index contributed by atoms with van der Waals surface area (Å²) in [5.74, 6) is 0. The van der Waals surface area contributed by atoms with Crippen LogP contribution in [-0.4, -0.2) is 0 Å². The van der Waals surface area contributed by atoms with Gasteiger partial charge in [-0.25, -0.2) is 0 Å². The SMILES string of the molecule is C1=CCCC(c2cccc(\C=C(/C=C\C=C\Nc3ccccc3-c3cccc(-c4cccc5c4oc4ccccc45)c3)c3ccccc3)c2)=C1. The number of fused-ring (bicyclic) bond motifs is 3. The summed E-state index contributed by atoms with van der Waals surface area (Å²) in [4.78, 5) is 0. The number of furan rings is 1. The van der Waals surface area contributed by atoms with Crippen LogP contribution in [0.15, 0.2) is 193 Å². The largest absolute Gasteiger partial charge is 0.455 e. The van der Waals surface area contributed by atoms with Crippen molar-refractivity contribution in [1.82, 2.24) is 0 Å². The summed E-state index contributed by atoms with van der Waals surface area (Å²) in [7, 11) is 0. The van der Waals surface area contributed by atoms with Gasteiger partial charge in [-0.15, -0.1) is 0 Å². The Morgan fingerprint density at radius 1 is 0.620 bits per heavy atom. The number of hydrogen-bond acceptors (Lipinski definition) is 2. The molecule has 0 saturated carbocycles. The number of rotatable bonds is 9. The molecule has 0 spiro atoms. The van der Waals surface area contributed by atoms with Crippen LogP contribution in [-0.2, 0) is 0 Å². The Kier molecular flexibility index (Phi) is 8.90. The topological polar surface area (TPSA) is 25.2 Å². The second kappa shape index (κ2) is 14.4. The van der Waals surface area contributed by atoms with Gasteiger partial charge in [-0.1, -0.05) is 152 Å². The molecule has 0 unspecified atom stereocenters. The first-order valence-electron chi connectivity index (χ1n) is 17.2. The van der Waals surface area contributed by atoms with E-state index in [0.29, 0.717) is 0 Å². The third-order valence-corrected chi connectivity index (χ3v) is 9.24. The van der Waals surface area contributed by atoms with Crippen molar-refractivity contribution in [1.29, 1.82) is 0 Å². The minimum absolute atomic E-state index is 0.910. The Morgan fingerprint density at radius 2 is 1.36 bits per heavy atom. The van der Waals surface area contributed by atoms with E-state index in [0.717, 1.165) is 68.3 Å². The van der Waals surface area contributed by atoms with Gasteiger partial charge >= 0.3 is 0 Å². The van der Waals surface area contributed by atoms with Crippen LogP contribution < -0.4 is 5.32 Å². The monoisotopic (exact) mass is 643 g/mol. The van der Waals surface area contributed by atoms with E-state index >= 15 is 0 Å². The van der Waals surface area contributed by atoms with E-state index in [1.54, 1.807) is 0 Å². The van der Waals surface area contributed by atoms with Crippen molar-refractivity contribution >= 4 is 44.8 Å². The molecular weight excluding hydrogens is 607 g/mol. The van der Waals surface area contributed by atoms with Gasteiger partial charge in [0.15, 0.2) is 0 Å². The summed E-state index contributed by atoms with van der Waals surface area (Å²) < 4.78 is 6.36. The minimum atomic E-state index is 0.910. The lowest BCUT2D eigenvalue weighted by atomic mass is 9.95. The molecular formula is C48H37NO. The van der Waals surface area contributed by atoms with Crippen molar-refractivity contribution in [2.75, 3.05) is 5.32 Å². The molecule has 1 heterocycles. The molecule has 2 heteroatoms. The fourth-order valence-corrected chi connectivity index (χ4v) is 6.75. The first-order valence-corrected chi connectivity index (χ1v) is 17.2. The molecule has 6 aromatic carbocycles. The van der Waals surface area contributed by atoms with Crippen molar-refractivity contribution in [3.8, 4) is 22.3 Å². The normalized spacial score (nSPS) is 13.4. The van der Waals surface area contributed by atoms with E-state index in [1.807, 2.05) is 18.3 Å². The first kappa shape index (κ1) is 30.9. The van der Waals surface area contributed by atoms with Crippen LogP contribution >= 0.6 is 0 Å². The second-order valence-electron chi connectivity index (χ2n) is 12.5. The molecule has 1 aliphatic rings. The third kappa shape index (κ3) is 6.65. The molecule has 0 fully saturated rings. The minimum Gasteiger partial charge on any atom is -0.455 e. The maximum Gasteiger partial charge on any atom is 0.143 e. The van der Waals surface area contributed by atoms with Crippen LogP contribution in [0.5, 0.6) is 0 Å². The molecule has 240 valence electrons. The summed E-state index contributed by atoms with van der Waals surface area (Å²) in [6, 6.07) is 51.2. The highest BCUT2D eigenvalue weighted by Crippen LogP contribution is 2.38. The molecule has 1 N–H and O–H groups in total. The molecule has 0 amide bonds. The van der Waals surface area contributed by atoms with Crippen LogP contribution in [0.1, 0.15) is 29.5 Å². The fraction of sp³-hybridized carbons (Fsp3) is 0.0417. The summed E-state index contributed by atoms with van der Waals surface area (Å²) in [5, 5.41) is 5.82. The molecule has 0 bridgehead atoms. The molecule has 0 aliphatic heterocycles. The predicted octanol–water partition coefficient (Wildman–Crippen LogP) is 13.4. The zero-order valence-electron chi connectivity index (χ0n) is 27.8. The van der Waals surface area contributed by atoms with E-state index in [4.69, 9.17) is 4.42 Å². The Morgan fingerprint density at radius 3 is 2.26 bits per heavy atom. The lowest BCUT2D eigenvalue weighted by molar-refractivity contribution is 0.670. The molecule has 0 atom stereocenters. The van der Waals surface area contributed by atoms with Gasteiger partial charge < -0.3 is 9.73 Å². The lowest BCUT2D eigenvalue weighted by Crippen LogP contribution is -1.91. The maximum absolute atomic E-state index is 6.36. The van der Waals surface area contributed by atoms with Crippen LogP contribution in [0, 0.1) is 0 Å². The van der Waals surface area contributed by atoms with E-state index in [-0.39, 0.29) is 0 Å². The highest BCUT2D eigenvalue weighted by Gasteiger charge is 2.13. The van der Waals surface area contributed by atoms with Gasteiger partial charge in [0, 0.05) is 33.8 Å². The quantitative estimate of drug-likeness (QED) is 0.125. The Labute approximate surface area is 293 Å². The molecule has 2 nitrogen and oxygen atoms in total. The number of para-hydroxylation sites is 3. The van der Waals surface area contributed by atoms with Gasteiger partial charge in [0.05, 0.1) is 0 Å². The molecule has 7 aromatic rings. The van der Waals surface area contributed by atoms with Crippen molar-refractivity contribution < 1.29 is 4.42 Å². The van der Waals surface area contributed by atoms with Crippen LogP contribution in [0.3, 0.4) is 0 Å². The zero-order chi connectivity index (χ0) is 33.5. The second-order valence-corrected chi connectivity index (χ2v) is 12.5. The summed E-state index contributed by atoms with van der Waals surface area (Å²) >= 11 is 0. The predicted molar refractivity (Wildman–Crippen MR) is 214 cm³/mol. The molecule has 8 rings (SSSR count). The van der Waals surface area contributed by atoms with E-state index < -0.39 is 0 Å². The van der Waals surface area contributed by atoms with E-state index in [2.05, 4.69) is 181 Å². The Balaban J connectivity index is 1.04. The van der Waals surface area contributed by atoms with Crippen molar-refractivity contribution in [2.24, 2.45) is 0 Å². The van der Waals surface area contributed by atoms with Gasteiger partial charge in [-0.05, 0) is 88.2 Å². The highest BCUT2D eigenvalue weighted by molar-refractivity contribution is 6.09. The number of anilines is 1. The molecule has 1 aromatic heterocycles. The van der Waals surface area contributed by atoms with Crippen molar-refractivity contribution in [3.63, 3.8) is 0 Å². The molecule has 0 saturated heterocycles.